The Labute approximate surface area is 292 Å². The number of carbonyl (C=O) groups excluding carboxylic acids is 3. The molecule has 0 radical (unpaired) electrons. The fraction of sp³-hybridized carbons (Fsp3) is 0.875. The van der Waals surface area contributed by atoms with Crippen LogP contribution in [0.4, 0.5) is 0 Å². The van der Waals surface area contributed by atoms with E-state index in [0.717, 1.165) is 70.1 Å². The quantitative estimate of drug-likeness (QED) is 0.0377. The molecule has 0 heterocycles. The third kappa shape index (κ3) is 22.8. The number of aliphatic hydroxyl groups is 3. The first-order valence-electron chi connectivity index (χ1n) is 19.7. The molecule has 6 atom stereocenters. The summed E-state index contributed by atoms with van der Waals surface area (Å²) < 4.78 is 10.3. The molecule has 0 aromatic rings. The molecule has 1 saturated carbocycles. The van der Waals surface area contributed by atoms with Crippen molar-refractivity contribution < 1.29 is 39.2 Å². The number of aliphatic hydroxyl groups excluding tert-OH is 3. The molecule has 280 valence electrons. The zero-order chi connectivity index (χ0) is 35.4. The van der Waals surface area contributed by atoms with Crippen molar-refractivity contribution in [3.05, 3.63) is 12.2 Å². The van der Waals surface area contributed by atoms with Gasteiger partial charge in [-0.1, -0.05) is 142 Å². The van der Waals surface area contributed by atoms with E-state index >= 15 is 0 Å². The first-order chi connectivity index (χ1) is 23.2. The van der Waals surface area contributed by atoms with Gasteiger partial charge in [0.2, 0.25) is 0 Å². The highest BCUT2D eigenvalue weighted by molar-refractivity contribution is 5.86. The third-order valence-electron chi connectivity index (χ3n) is 9.95. The number of ether oxygens (including phenoxy) is 2. The van der Waals surface area contributed by atoms with E-state index in [-0.39, 0.29) is 55.6 Å². The van der Waals surface area contributed by atoms with Crippen LogP contribution in [-0.4, -0.2) is 64.6 Å². The van der Waals surface area contributed by atoms with Gasteiger partial charge in [0.25, 0.3) is 0 Å². The lowest BCUT2D eigenvalue weighted by Crippen LogP contribution is -2.25. The minimum absolute atomic E-state index is 0.0360. The van der Waals surface area contributed by atoms with Crippen molar-refractivity contribution in [2.75, 3.05) is 13.2 Å². The van der Waals surface area contributed by atoms with E-state index < -0.39 is 18.3 Å². The number of rotatable bonds is 31. The summed E-state index contributed by atoms with van der Waals surface area (Å²) in [6, 6.07) is 0. The smallest absolute Gasteiger partial charge is 0.305 e. The molecular formula is C40H72O8. The van der Waals surface area contributed by atoms with Gasteiger partial charge in [-0.15, -0.1) is 0 Å². The van der Waals surface area contributed by atoms with E-state index in [4.69, 9.17) is 9.47 Å². The summed E-state index contributed by atoms with van der Waals surface area (Å²) in [4.78, 5) is 36.5. The number of ketones is 1. The van der Waals surface area contributed by atoms with Gasteiger partial charge in [-0.25, -0.2) is 0 Å². The molecule has 0 saturated heterocycles. The summed E-state index contributed by atoms with van der Waals surface area (Å²) in [7, 11) is 0. The average Bonchev–Trinajstić information content (AvgIpc) is 3.34. The van der Waals surface area contributed by atoms with Gasteiger partial charge < -0.3 is 24.8 Å². The molecule has 0 bridgehead atoms. The molecule has 0 aliphatic heterocycles. The minimum atomic E-state index is -1.03. The Bertz CT molecular complexity index is 858. The molecule has 48 heavy (non-hydrogen) atoms. The van der Waals surface area contributed by atoms with Crippen molar-refractivity contribution in [1.29, 1.82) is 0 Å². The minimum Gasteiger partial charge on any atom is -0.463 e. The number of Topliss-reactive ketones (excluding diaryl/α,β-unsaturated/α-hetero) is 1. The Morgan fingerprint density at radius 3 is 1.79 bits per heavy atom. The summed E-state index contributed by atoms with van der Waals surface area (Å²) in [5.41, 5.74) is 0. The highest BCUT2D eigenvalue weighted by atomic mass is 16.6. The topological polar surface area (TPSA) is 130 Å². The molecule has 0 aromatic carbocycles. The molecule has 1 aliphatic carbocycles. The molecule has 0 amide bonds. The molecule has 1 aliphatic rings. The average molecular weight is 681 g/mol. The Kier molecular flexibility index (Phi) is 26.7. The molecule has 1 rings (SSSR count). The fourth-order valence-electron chi connectivity index (χ4n) is 6.50. The number of unbranched alkanes of at least 4 members (excludes halogenated alkanes) is 14. The SMILES string of the molecule is CCCCC[C@H](O)/C=C/[C@H]1C(=O)C[C@H](O)[C@@H]1CCCCCCC(=O)OC[C@@H](O)COC(=O)CCCCCCCCCCCCC(C)CC. The second kappa shape index (κ2) is 29.0. The molecular weight excluding hydrogens is 608 g/mol. The highest BCUT2D eigenvalue weighted by Gasteiger charge is 2.39. The molecule has 8 nitrogen and oxygen atoms in total. The van der Waals surface area contributed by atoms with E-state index in [1.54, 1.807) is 12.2 Å². The van der Waals surface area contributed by atoms with Crippen LogP contribution in [0.1, 0.15) is 175 Å². The van der Waals surface area contributed by atoms with Gasteiger partial charge in [0.15, 0.2) is 0 Å². The molecule has 3 N–H and O–H groups in total. The van der Waals surface area contributed by atoms with Gasteiger partial charge in [-0.3, -0.25) is 14.4 Å². The number of hydrogen-bond acceptors (Lipinski definition) is 8. The zero-order valence-corrected chi connectivity index (χ0v) is 30.9. The lowest BCUT2D eigenvalue weighted by atomic mass is 9.88. The van der Waals surface area contributed by atoms with Crippen LogP contribution < -0.4 is 0 Å². The molecule has 1 unspecified atom stereocenters. The van der Waals surface area contributed by atoms with E-state index in [0.29, 0.717) is 19.3 Å². The second-order valence-corrected chi connectivity index (χ2v) is 14.4. The third-order valence-corrected chi connectivity index (χ3v) is 9.95. The van der Waals surface area contributed by atoms with Crippen LogP contribution in [0, 0.1) is 17.8 Å². The van der Waals surface area contributed by atoms with Gasteiger partial charge in [0.05, 0.1) is 12.2 Å². The van der Waals surface area contributed by atoms with Crippen molar-refractivity contribution in [1.82, 2.24) is 0 Å². The van der Waals surface area contributed by atoms with Crippen molar-refractivity contribution in [3.63, 3.8) is 0 Å². The van der Waals surface area contributed by atoms with Crippen LogP contribution in [-0.2, 0) is 23.9 Å². The lowest BCUT2D eigenvalue weighted by Gasteiger charge is -2.19. The van der Waals surface area contributed by atoms with Crippen LogP contribution in [0.2, 0.25) is 0 Å². The predicted molar refractivity (Wildman–Crippen MR) is 192 cm³/mol. The van der Waals surface area contributed by atoms with Crippen molar-refractivity contribution >= 4 is 17.7 Å². The van der Waals surface area contributed by atoms with E-state index in [2.05, 4.69) is 20.8 Å². The number of carbonyl (C=O) groups is 3. The van der Waals surface area contributed by atoms with Gasteiger partial charge >= 0.3 is 11.9 Å². The van der Waals surface area contributed by atoms with E-state index in [9.17, 15) is 29.7 Å². The Morgan fingerprint density at radius 2 is 1.25 bits per heavy atom. The number of allylic oxidation sites excluding steroid dienone is 1. The van der Waals surface area contributed by atoms with Crippen LogP contribution in [0.15, 0.2) is 12.2 Å². The molecule has 0 spiro atoms. The summed E-state index contributed by atoms with van der Waals surface area (Å²) in [6.45, 7) is 6.36. The van der Waals surface area contributed by atoms with E-state index in [1.165, 1.54) is 57.8 Å². The van der Waals surface area contributed by atoms with Crippen molar-refractivity contribution in [2.24, 2.45) is 17.8 Å². The van der Waals surface area contributed by atoms with Crippen LogP contribution >= 0.6 is 0 Å². The maximum atomic E-state index is 12.4. The van der Waals surface area contributed by atoms with Crippen LogP contribution in [0.5, 0.6) is 0 Å². The lowest BCUT2D eigenvalue weighted by molar-refractivity contribution is -0.152. The zero-order valence-electron chi connectivity index (χ0n) is 30.9. The van der Waals surface area contributed by atoms with Gasteiger partial charge in [0, 0.05) is 25.2 Å². The van der Waals surface area contributed by atoms with E-state index in [1.807, 2.05) is 0 Å². The number of esters is 2. The van der Waals surface area contributed by atoms with Gasteiger partial charge in [-0.2, -0.15) is 0 Å². The van der Waals surface area contributed by atoms with Crippen LogP contribution in [0.3, 0.4) is 0 Å². The normalized spacial score (nSPS) is 19.9. The maximum absolute atomic E-state index is 12.4. The fourth-order valence-corrected chi connectivity index (χ4v) is 6.50. The first-order valence-corrected chi connectivity index (χ1v) is 19.7. The second-order valence-electron chi connectivity index (χ2n) is 14.4. The standard InChI is InChI=1S/C40H72O8/c1-4-6-17-23-33(41)27-28-36-35(37(43)29-38(36)44)24-19-15-16-21-26-40(46)48-31-34(42)30-47-39(45)25-20-14-12-10-8-7-9-11-13-18-22-32(3)5-2/h27-28,32-37,41-43H,4-26,29-31H2,1-3H3/b28-27+/t32?,33-,34-,35+,36+,37-/m0/s1. The van der Waals surface area contributed by atoms with Crippen molar-refractivity contribution in [2.45, 2.75) is 193 Å². The van der Waals surface area contributed by atoms with Gasteiger partial charge in [-0.05, 0) is 37.5 Å². The molecule has 1 fully saturated rings. The molecule has 8 heteroatoms. The largest absolute Gasteiger partial charge is 0.463 e. The summed E-state index contributed by atoms with van der Waals surface area (Å²) in [5.74, 6) is -0.285. The summed E-state index contributed by atoms with van der Waals surface area (Å²) in [6.07, 6.45) is 24.5. The van der Waals surface area contributed by atoms with Crippen molar-refractivity contribution in [3.8, 4) is 0 Å². The maximum Gasteiger partial charge on any atom is 0.305 e. The predicted octanol–water partition coefficient (Wildman–Crippen LogP) is 8.57. The summed E-state index contributed by atoms with van der Waals surface area (Å²) in [5, 5.41) is 30.6. The Balaban J connectivity index is 2.02. The monoisotopic (exact) mass is 681 g/mol. The van der Waals surface area contributed by atoms with Gasteiger partial charge in [0.1, 0.15) is 25.1 Å². The Morgan fingerprint density at radius 1 is 0.750 bits per heavy atom. The highest BCUT2D eigenvalue weighted by Crippen LogP contribution is 2.34. The Hall–Kier alpha value is -1.77. The van der Waals surface area contributed by atoms with Crippen LogP contribution in [0.25, 0.3) is 0 Å². The first kappa shape index (κ1) is 44.3. The summed E-state index contributed by atoms with van der Waals surface area (Å²) >= 11 is 0. The molecule has 0 aromatic heterocycles. The number of hydrogen-bond donors (Lipinski definition) is 3.